The first-order chi connectivity index (χ1) is 23.5. The first kappa shape index (κ1) is 32.1. The first-order valence-electron chi connectivity index (χ1n) is 14.9. The number of rotatable bonds is 8. The van der Waals surface area contributed by atoms with Gasteiger partial charge in [-0.15, -0.1) is 11.3 Å². The molecule has 2 unspecified atom stereocenters. The first-order valence-corrected chi connectivity index (χ1v) is 16.6. The van der Waals surface area contributed by atoms with E-state index in [1.807, 2.05) is 0 Å². The van der Waals surface area contributed by atoms with Crippen molar-refractivity contribution in [3.05, 3.63) is 104 Å². The molecule has 13 nitrogen and oxygen atoms in total. The Bertz CT molecular complexity index is 2110. The van der Waals surface area contributed by atoms with Crippen molar-refractivity contribution in [2.75, 3.05) is 10.6 Å². The monoisotopic (exact) mass is 746 g/mol. The predicted molar refractivity (Wildman–Crippen MR) is 176 cm³/mol. The van der Waals surface area contributed by atoms with Crippen molar-refractivity contribution >= 4 is 73.5 Å². The molecule has 4 aromatic rings. The summed E-state index contributed by atoms with van der Waals surface area (Å²) in [5.74, 6) is -4.80. The predicted octanol–water partition coefficient (Wildman–Crippen LogP) is 4.10. The standard InChI is InChI=1S/C33H24BrFN6O7S/c34-26-15(4-6-18-25(26)32(48)41(30(18)46)21-7-9-23(43)38-28(21)44)13-37-20-3-1-2-16-14-40(31(47)24(16)20)27(19-12-17(35)5-8-22(19)42)29(45)39-33-36-10-11-49-33/h1-6,8,10-12,21,27,37,42H,7,9,13-14H2,(H,36,39,45)(H,38,43,44). The highest BCUT2D eigenvalue weighted by molar-refractivity contribution is 9.10. The van der Waals surface area contributed by atoms with E-state index < -0.39 is 53.3 Å². The zero-order valence-electron chi connectivity index (χ0n) is 25.2. The molecule has 4 heterocycles. The van der Waals surface area contributed by atoms with E-state index in [1.54, 1.807) is 29.6 Å². The number of aromatic nitrogens is 1. The van der Waals surface area contributed by atoms with Crippen LogP contribution in [0.3, 0.4) is 0 Å². The number of anilines is 2. The highest BCUT2D eigenvalue weighted by atomic mass is 79.9. The van der Waals surface area contributed by atoms with Gasteiger partial charge in [-0.1, -0.05) is 18.2 Å². The summed E-state index contributed by atoms with van der Waals surface area (Å²) in [7, 11) is 0. The quantitative estimate of drug-likeness (QED) is 0.193. The number of phenolic OH excluding ortho intramolecular Hbond substituents is 1. The maximum absolute atomic E-state index is 14.4. The molecule has 1 saturated heterocycles. The van der Waals surface area contributed by atoms with E-state index in [9.17, 15) is 38.3 Å². The Morgan fingerprint density at radius 1 is 1.08 bits per heavy atom. The molecule has 0 radical (unpaired) electrons. The maximum atomic E-state index is 14.4. The van der Waals surface area contributed by atoms with Crippen molar-refractivity contribution in [2.45, 2.75) is 38.0 Å². The van der Waals surface area contributed by atoms with Crippen LogP contribution in [0.15, 0.2) is 64.6 Å². The molecule has 4 N–H and O–H groups in total. The molecular weight excluding hydrogens is 723 g/mol. The van der Waals surface area contributed by atoms with E-state index in [0.29, 0.717) is 21.3 Å². The highest BCUT2D eigenvalue weighted by Crippen LogP contribution is 2.40. The number of nitrogens with one attached hydrogen (secondary N) is 3. The fourth-order valence-electron chi connectivity index (χ4n) is 6.28. The van der Waals surface area contributed by atoms with Crippen molar-refractivity contribution in [3.8, 4) is 5.75 Å². The lowest BCUT2D eigenvalue weighted by Gasteiger charge is -2.27. The number of benzene rings is 3. The lowest BCUT2D eigenvalue weighted by molar-refractivity contribution is -0.136. The minimum atomic E-state index is -1.41. The number of nitrogens with zero attached hydrogens (tertiary/aromatic N) is 3. The molecule has 3 aliphatic rings. The number of piperidine rings is 1. The molecule has 7 rings (SSSR count). The number of fused-ring (bicyclic) bond motifs is 2. The van der Waals surface area contributed by atoms with Crippen LogP contribution >= 0.6 is 27.3 Å². The molecule has 3 aliphatic heterocycles. The summed E-state index contributed by atoms with van der Waals surface area (Å²) in [5.41, 5.74) is 1.91. The van der Waals surface area contributed by atoms with Gasteiger partial charge in [-0.25, -0.2) is 9.37 Å². The van der Waals surface area contributed by atoms with E-state index in [0.717, 1.165) is 34.4 Å². The molecule has 3 aromatic carbocycles. The van der Waals surface area contributed by atoms with Crippen LogP contribution in [-0.2, 0) is 27.5 Å². The molecule has 0 aliphatic carbocycles. The zero-order valence-corrected chi connectivity index (χ0v) is 27.6. The van der Waals surface area contributed by atoms with Gasteiger partial charge in [0.1, 0.15) is 23.7 Å². The average molecular weight is 748 g/mol. The number of halogens is 2. The molecule has 0 bridgehead atoms. The van der Waals surface area contributed by atoms with Crippen LogP contribution in [0.1, 0.15) is 66.6 Å². The van der Waals surface area contributed by atoms with Crippen LogP contribution in [0.25, 0.3) is 0 Å². The molecule has 16 heteroatoms. The van der Waals surface area contributed by atoms with Gasteiger partial charge in [0.05, 0.1) is 16.7 Å². The van der Waals surface area contributed by atoms with Crippen LogP contribution < -0.4 is 16.0 Å². The summed E-state index contributed by atoms with van der Waals surface area (Å²) in [4.78, 5) is 84.6. The van der Waals surface area contributed by atoms with Crippen LogP contribution in [0.4, 0.5) is 15.2 Å². The van der Waals surface area contributed by atoms with Gasteiger partial charge in [-0.3, -0.25) is 44.3 Å². The Morgan fingerprint density at radius 2 is 1.90 bits per heavy atom. The van der Waals surface area contributed by atoms with Crippen molar-refractivity contribution < 1.29 is 38.3 Å². The number of amides is 6. The summed E-state index contributed by atoms with van der Waals surface area (Å²) in [6.07, 6.45) is 1.52. The van der Waals surface area contributed by atoms with E-state index in [2.05, 4.69) is 36.9 Å². The third kappa shape index (κ3) is 5.61. The normalized spacial score (nSPS) is 17.6. The maximum Gasteiger partial charge on any atom is 0.263 e. The second-order valence-corrected chi connectivity index (χ2v) is 13.2. The van der Waals surface area contributed by atoms with E-state index in [4.69, 9.17) is 0 Å². The average Bonchev–Trinajstić information content (AvgIpc) is 3.76. The molecule has 0 saturated carbocycles. The molecule has 248 valence electrons. The third-order valence-electron chi connectivity index (χ3n) is 8.57. The van der Waals surface area contributed by atoms with Crippen LogP contribution in [-0.4, -0.2) is 61.4 Å². The number of imide groups is 2. The smallest absolute Gasteiger partial charge is 0.263 e. The molecular formula is C33H24BrFN6O7S. The Morgan fingerprint density at radius 3 is 2.65 bits per heavy atom. The van der Waals surface area contributed by atoms with Gasteiger partial charge >= 0.3 is 0 Å². The third-order valence-corrected chi connectivity index (χ3v) is 10.2. The summed E-state index contributed by atoms with van der Waals surface area (Å²) < 4.78 is 14.7. The molecule has 0 spiro atoms. The largest absolute Gasteiger partial charge is 0.508 e. The van der Waals surface area contributed by atoms with Crippen LogP contribution in [0, 0.1) is 5.82 Å². The number of carbonyl (C=O) groups is 6. The van der Waals surface area contributed by atoms with Gasteiger partial charge in [0, 0.05) is 46.8 Å². The Balaban J connectivity index is 1.15. The van der Waals surface area contributed by atoms with E-state index >= 15 is 0 Å². The van der Waals surface area contributed by atoms with Gasteiger partial charge in [0.2, 0.25) is 11.8 Å². The summed E-state index contributed by atoms with van der Waals surface area (Å²) in [5, 5.41) is 20.6. The van der Waals surface area contributed by atoms with E-state index in [-0.39, 0.29) is 59.1 Å². The number of phenols is 1. The van der Waals surface area contributed by atoms with Crippen molar-refractivity contribution in [1.82, 2.24) is 20.1 Å². The zero-order chi connectivity index (χ0) is 34.6. The van der Waals surface area contributed by atoms with Gasteiger partial charge in [-0.2, -0.15) is 0 Å². The van der Waals surface area contributed by atoms with Gasteiger partial charge in [0.15, 0.2) is 5.13 Å². The van der Waals surface area contributed by atoms with Crippen molar-refractivity contribution in [1.29, 1.82) is 0 Å². The Kier molecular flexibility index (Phi) is 8.20. The minimum absolute atomic E-state index is 0.00163. The van der Waals surface area contributed by atoms with Crippen molar-refractivity contribution in [3.63, 3.8) is 0 Å². The number of hydrogen-bond acceptors (Lipinski definition) is 10. The second-order valence-electron chi connectivity index (χ2n) is 11.5. The number of thiazole rings is 1. The van der Waals surface area contributed by atoms with Gasteiger partial charge < -0.3 is 15.3 Å². The van der Waals surface area contributed by atoms with Gasteiger partial charge in [0.25, 0.3) is 23.6 Å². The summed E-state index contributed by atoms with van der Waals surface area (Å²) in [6, 6.07) is 8.89. The minimum Gasteiger partial charge on any atom is -0.508 e. The fraction of sp³-hybridized carbons (Fsp3) is 0.182. The molecule has 2 atom stereocenters. The molecule has 1 fully saturated rings. The SMILES string of the molecule is O=C1CCC(N2C(=O)c3ccc(CNc4cccc5c4C(=O)N(C(C(=O)Nc4nccs4)c4cc(F)ccc4O)C5)c(Br)c3C2=O)C(=O)N1. The Labute approximate surface area is 289 Å². The second kappa shape index (κ2) is 12.5. The van der Waals surface area contributed by atoms with Crippen LogP contribution in [0.2, 0.25) is 0 Å². The van der Waals surface area contributed by atoms with Crippen LogP contribution in [0.5, 0.6) is 5.75 Å². The summed E-state index contributed by atoms with van der Waals surface area (Å²) in [6.45, 7) is 0.0705. The molecule has 6 amide bonds. The summed E-state index contributed by atoms with van der Waals surface area (Å²) >= 11 is 4.61. The molecule has 49 heavy (non-hydrogen) atoms. The van der Waals surface area contributed by atoms with Crippen molar-refractivity contribution in [2.24, 2.45) is 0 Å². The lowest BCUT2D eigenvalue weighted by Crippen LogP contribution is -2.54. The number of carbonyl (C=O) groups excluding carboxylic acids is 6. The number of hydrogen-bond donors (Lipinski definition) is 4. The highest BCUT2D eigenvalue weighted by Gasteiger charge is 2.46. The Hall–Kier alpha value is -5.48. The van der Waals surface area contributed by atoms with Gasteiger partial charge in [-0.05, 0) is 63.8 Å². The van der Waals surface area contributed by atoms with E-state index in [1.165, 1.54) is 17.2 Å². The fourth-order valence-corrected chi connectivity index (χ4v) is 7.47. The lowest BCUT2D eigenvalue weighted by atomic mass is 10.0. The number of aromatic hydroxyl groups is 1. The topological polar surface area (TPSA) is 178 Å². The molecule has 1 aromatic heterocycles.